The molecule has 0 aliphatic heterocycles. The van der Waals surface area contributed by atoms with Crippen LogP contribution in [0.2, 0.25) is 0 Å². The first kappa shape index (κ1) is 14.1. The van der Waals surface area contributed by atoms with Crippen LogP contribution in [0, 0.1) is 18.3 Å². The maximum absolute atomic E-state index is 12.8. The average molecular weight is 321 g/mol. The summed E-state index contributed by atoms with van der Waals surface area (Å²) >= 11 is 3.40. The van der Waals surface area contributed by atoms with Crippen LogP contribution in [-0.2, 0) is 0 Å². The maximum Gasteiger partial charge on any atom is 0.255 e. The van der Waals surface area contributed by atoms with Crippen molar-refractivity contribution in [3.05, 3.63) is 33.8 Å². The van der Waals surface area contributed by atoms with Gasteiger partial charge in [0, 0.05) is 16.1 Å². The summed E-state index contributed by atoms with van der Waals surface area (Å²) < 4.78 is 0.881. The van der Waals surface area contributed by atoms with Crippen molar-refractivity contribution in [1.82, 2.24) is 4.90 Å². The number of rotatable bonds is 3. The number of aryl methyl sites for hydroxylation is 1. The van der Waals surface area contributed by atoms with E-state index >= 15 is 0 Å². The van der Waals surface area contributed by atoms with Gasteiger partial charge < -0.3 is 4.90 Å². The number of nitriles is 1. The molecule has 0 radical (unpaired) electrons. The minimum Gasteiger partial charge on any atom is -0.317 e. The van der Waals surface area contributed by atoms with Crippen molar-refractivity contribution in [1.29, 1.82) is 5.26 Å². The highest BCUT2D eigenvalue weighted by atomic mass is 79.9. The molecule has 3 nitrogen and oxygen atoms in total. The lowest BCUT2D eigenvalue weighted by molar-refractivity contribution is 0.0614. The number of nitrogens with zero attached hydrogens (tertiary/aromatic N) is 2. The number of amides is 1. The molecule has 1 aliphatic rings. The van der Waals surface area contributed by atoms with Gasteiger partial charge in [0.05, 0.1) is 6.07 Å². The lowest BCUT2D eigenvalue weighted by atomic mass is 10.0. The van der Waals surface area contributed by atoms with Crippen LogP contribution >= 0.6 is 15.9 Å². The van der Waals surface area contributed by atoms with Gasteiger partial charge >= 0.3 is 0 Å². The van der Waals surface area contributed by atoms with Crippen LogP contribution < -0.4 is 0 Å². The Kier molecular flexibility index (Phi) is 3.69. The molecule has 19 heavy (non-hydrogen) atoms. The van der Waals surface area contributed by atoms with Gasteiger partial charge in [-0.3, -0.25) is 4.79 Å². The van der Waals surface area contributed by atoms with Crippen LogP contribution in [0.3, 0.4) is 0 Å². The molecule has 0 N–H and O–H groups in total. The summed E-state index contributed by atoms with van der Waals surface area (Å²) in [5.41, 5.74) is 0.838. The topological polar surface area (TPSA) is 44.1 Å². The van der Waals surface area contributed by atoms with Crippen molar-refractivity contribution in [3.63, 3.8) is 0 Å². The summed E-state index contributed by atoms with van der Waals surface area (Å²) in [6.45, 7) is 5.53. The Labute approximate surface area is 122 Å². The Morgan fingerprint density at radius 2 is 2.11 bits per heavy atom. The summed E-state index contributed by atoms with van der Waals surface area (Å²) in [6.07, 6.45) is 1.98. The molecule has 4 heteroatoms. The van der Waals surface area contributed by atoms with E-state index in [4.69, 9.17) is 0 Å². The first-order valence-electron chi connectivity index (χ1n) is 6.38. The molecule has 0 saturated heterocycles. The Morgan fingerprint density at radius 3 is 2.63 bits per heavy atom. The molecule has 0 heterocycles. The number of benzene rings is 1. The fourth-order valence-corrected chi connectivity index (χ4v) is 2.58. The molecule has 1 aliphatic carbocycles. The minimum absolute atomic E-state index is 0.0483. The summed E-state index contributed by atoms with van der Waals surface area (Å²) in [5.74, 6) is -0.0483. The van der Waals surface area contributed by atoms with Crippen LogP contribution in [-0.4, -0.2) is 22.4 Å². The lowest BCUT2D eigenvalue weighted by Crippen LogP contribution is -2.48. The van der Waals surface area contributed by atoms with Crippen molar-refractivity contribution in [2.24, 2.45) is 0 Å². The fraction of sp³-hybridized carbons (Fsp3) is 0.467. The van der Waals surface area contributed by atoms with Gasteiger partial charge in [0.1, 0.15) is 5.54 Å². The number of hydrogen-bond acceptors (Lipinski definition) is 2. The lowest BCUT2D eigenvalue weighted by Gasteiger charge is -2.33. The zero-order valence-corrected chi connectivity index (χ0v) is 13.0. The number of carbonyl (C=O) groups is 1. The number of carbonyl (C=O) groups excluding carboxylic acids is 1. The van der Waals surface area contributed by atoms with Crippen molar-refractivity contribution in [3.8, 4) is 6.07 Å². The second kappa shape index (κ2) is 4.97. The average Bonchev–Trinajstić information content (AvgIpc) is 3.16. The smallest absolute Gasteiger partial charge is 0.255 e. The van der Waals surface area contributed by atoms with Crippen LogP contribution in [0.1, 0.15) is 42.6 Å². The third-order valence-corrected chi connectivity index (χ3v) is 3.93. The van der Waals surface area contributed by atoms with E-state index in [0.717, 1.165) is 22.9 Å². The maximum atomic E-state index is 12.8. The van der Waals surface area contributed by atoms with E-state index in [9.17, 15) is 10.1 Å². The summed E-state index contributed by atoms with van der Waals surface area (Å²) in [5, 5.41) is 9.31. The number of halogens is 1. The number of hydrogen-bond donors (Lipinski definition) is 0. The van der Waals surface area contributed by atoms with E-state index in [1.54, 1.807) is 18.7 Å². The largest absolute Gasteiger partial charge is 0.317 e. The van der Waals surface area contributed by atoms with Gasteiger partial charge in [0.2, 0.25) is 0 Å². The Bertz CT molecular complexity index is 556. The van der Waals surface area contributed by atoms with Crippen molar-refractivity contribution in [2.45, 2.75) is 45.2 Å². The molecule has 0 bridgehead atoms. The van der Waals surface area contributed by atoms with Gasteiger partial charge in [-0.05, 0) is 51.3 Å². The Balaban J connectivity index is 2.41. The monoisotopic (exact) mass is 320 g/mol. The second-order valence-corrected chi connectivity index (χ2v) is 6.45. The molecule has 0 atom stereocenters. The quantitative estimate of drug-likeness (QED) is 0.853. The van der Waals surface area contributed by atoms with E-state index in [0.29, 0.717) is 5.56 Å². The third kappa shape index (κ3) is 2.82. The zero-order chi connectivity index (χ0) is 14.2. The van der Waals surface area contributed by atoms with Gasteiger partial charge in [-0.15, -0.1) is 0 Å². The normalized spacial score (nSPS) is 14.9. The van der Waals surface area contributed by atoms with E-state index in [1.807, 2.05) is 25.1 Å². The molecule has 1 fully saturated rings. The highest BCUT2D eigenvalue weighted by Gasteiger charge is 2.42. The van der Waals surface area contributed by atoms with Crippen molar-refractivity contribution >= 4 is 21.8 Å². The zero-order valence-electron chi connectivity index (χ0n) is 11.4. The minimum atomic E-state index is -0.771. The summed E-state index contributed by atoms with van der Waals surface area (Å²) in [6, 6.07) is 8.12. The van der Waals surface area contributed by atoms with Gasteiger partial charge in [-0.2, -0.15) is 5.26 Å². The SMILES string of the molecule is Cc1ccc(Br)cc1C(=O)N(C1CC1)C(C)(C)C#N. The first-order valence-corrected chi connectivity index (χ1v) is 7.17. The Morgan fingerprint density at radius 1 is 1.47 bits per heavy atom. The third-order valence-electron chi connectivity index (χ3n) is 3.44. The van der Waals surface area contributed by atoms with Gasteiger partial charge in [0.15, 0.2) is 0 Å². The molecule has 0 aromatic heterocycles. The predicted octanol–water partition coefficient (Wildman–Crippen LogP) is 3.66. The molecule has 1 saturated carbocycles. The Hall–Kier alpha value is -1.34. The molecule has 0 unspecified atom stereocenters. The highest BCUT2D eigenvalue weighted by molar-refractivity contribution is 9.10. The standard InChI is InChI=1S/C15H17BrN2O/c1-10-4-5-11(16)8-13(10)14(19)18(12-6-7-12)15(2,3)9-17/h4-5,8,12H,6-7H2,1-3H3. The van der Waals surface area contributed by atoms with E-state index in [-0.39, 0.29) is 11.9 Å². The predicted molar refractivity (Wildman–Crippen MR) is 77.8 cm³/mol. The van der Waals surface area contributed by atoms with E-state index < -0.39 is 5.54 Å². The molecule has 1 aromatic rings. The molecule has 1 amide bonds. The molecule has 2 rings (SSSR count). The summed E-state index contributed by atoms with van der Waals surface area (Å²) in [4.78, 5) is 14.5. The van der Waals surface area contributed by atoms with Crippen LogP contribution in [0.5, 0.6) is 0 Å². The first-order chi connectivity index (χ1) is 8.86. The van der Waals surface area contributed by atoms with Gasteiger partial charge in [-0.1, -0.05) is 22.0 Å². The van der Waals surface area contributed by atoms with Crippen molar-refractivity contribution in [2.75, 3.05) is 0 Å². The molecule has 100 valence electrons. The second-order valence-electron chi connectivity index (χ2n) is 5.54. The van der Waals surface area contributed by atoms with Crippen LogP contribution in [0.15, 0.2) is 22.7 Å². The van der Waals surface area contributed by atoms with E-state index in [1.165, 1.54) is 0 Å². The highest BCUT2D eigenvalue weighted by Crippen LogP contribution is 2.34. The molecule has 1 aromatic carbocycles. The van der Waals surface area contributed by atoms with Crippen LogP contribution in [0.25, 0.3) is 0 Å². The van der Waals surface area contributed by atoms with Crippen LogP contribution in [0.4, 0.5) is 0 Å². The molecule has 0 spiro atoms. The molecular weight excluding hydrogens is 304 g/mol. The van der Waals surface area contributed by atoms with E-state index in [2.05, 4.69) is 22.0 Å². The fourth-order valence-electron chi connectivity index (χ4n) is 2.22. The summed E-state index contributed by atoms with van der Waals surface area (Å²) in [7, 11) is 0. The van der Waals surface area contributed by atoms with Crippen molar-refractivity contribution < 1.29 is 4.79 Å². The molecular formula is C15H17BrN2O. The van der Waals surface area contributed by atoms with Gasteiger partial charge in [0.25, 0.3) is 5.91 Å². The van der Waals surface area contributed by atoms with Gasteiger partial charge in [-0.25, -0.2) is 0 Å².